The van der Waals surface area contributed by atoms with Gasteiger partial charge in [0.15, 0.2) is 0 Å². The molecule has 0 unspecified atom stereocenters. The van der Waals surface area contributed by atoms with E-state index in [1.54, 1.807) is 7.11 Å². The Balaban J connectivity index is 1.97. The number of rotatable bonds is 6. The van der Waals surface area contributed by atoms with E-state index in [1.807, 2.05) is 36.5 Å². The number of ether oxygens (including phenoxy) is 1. The van der Waals surface area contributed by atoms with Crippen molar-refractivity contribution < 1.29 is 4.74 Å². The zero-order valence-corrected chi connectivity index (χ0v) is 16.9. The van der Waals surface area contributed by atoms with Gasteiger partial charge in [0, 0.05) is 29.4 Å². The molecule has 142 valence electrons. The van der Waals surface area contributed by atoms with Crippen LogP contribution in [-0.2, 0) is 0 Å². The van der Waals surface area contributed by atoms with E-state index in [2.05, 4.69) is 61.3 Å². The molecule has 4 nitrogen and oxygen atoms in total. The molecule has 2 aromatic carbocycles. The van der Waals surface area contributed by atoms with Crippen molar-refractivity contribution in [3.05, 3.63) is 59.7 Å². The molecule has 1 N–H and O–H groups in total. The average molecular weight is 364 g/mol. The summed E-state index contributed by atoms with van der Waals surface area (Å²) in [6.07, 6.45) is 5.27. The number of nitrogens with zero attached hydrogens (tertiary/aromatic N) is 2. The van der Waals surface area contributed by atoms with Crippen molar-refractivity contribution in [3.8, 4) is 5.75 Å². The van der Waals surface area contributed by atoms with Gasteiger partial charge in [0.25, 0.3) is 0 Å². The van der Waals surface area contributed by atoms with Crippen molar-refractivity contribution in [1.82, 2.24) is 0 Å². The van der Waals surface area contributed by atoms with Crippen molar-refractivity contribution in [2.24, 2.45) is 5.10 Å². The Labute approximate surface area is 162 Å². The SMILES string of the molecule is CCCN1c2cc(OC)c(/C=N\Nc3ccccc3)cc2C(C)=CC1(C)C. The summed E-state index contributed by atoms with van der Waals surface area (Å²) in [6, 6.07) is 14.2. The van der Waals surface area contributed by atoms with Gasteiger partial charge in [0.1, 0.15) is 5.75 Å². The van der Waals surface area contributed by atoms with Gasteiger partial charge in [-0.05, 0) is 51.0 Å². The van der Waals surface area contributed by atoms with E-state index in [0.29, 0.717) is 0 Å². The molecule has 0 amide bonds. The lowest BCUT2D eigenvalue weighted by molar-refractivity contribution is 0.413. The lowest BCUT2D eigenvalue weighted by Gasteiger charge is -2.43. The van der Waals surface area contributed by atoms with Gasteiger partial charge >= 0.3 is 0 Å². The molecule has 0 atom stereocenters. The van der Waals surface area contributed by atoms with Crippen LogP contribution in [0.4, 0.5) is 11.4 Å². The first-order valence-corrected chi connectivity index (χ1v) is 9.50. The summed E-state index contributed by atoms with van der Waals surface area (Å²) >= 11 is 0. The Hall–Kier alpha value is -2.75. The van der Waals surface area contributed by atoms with E-state index in [1.165, 1.54) is 16.8 Å². The average Bonchev–Trinajstić information content (AvgIpc) is 2.65. The van der Waals surface area contributed by atoms with Crippen LogP contribution < -0.4 is 15.1 Å². The normalized spacial score (nSPS) is 15.4. The highest BCUT2D eigenvalue weighted by atomic mass is 16.5. The summed E-state index contributed by atoms with van der Waals surface area (Å²) in [5, 5.41) is 4.39. The van der Waals surface area contributed by atoms with Gasteiger partial charge < -0.3 is 9.64 Å². The van der Waals surface area contributed by atoms with Crippen LogP contribution in [0.3, 0.4) is 0 Å². The highest BCUT2D eigenvalue weighted by Gasteiger charge is 2.31. The standard InChI is InChI=1S/C23H29N3O/c1-6-12-26-21-14-22(27-5)18(13-20(21)17(2)15-23(26,3)4)16-24-25-19-10-8-7-9-11-19/h7-11,13-16,25H,6,12H2,1-5H3/b24-16-. The molecule has 4 heteroatoms. The van der Waals surface area contributed by atoms with Crippen LogP contribution in [0.25, 0.3) is 5.57 Å². The van der Waals surface area contributed by atoms with Crippen LogP contribution in [0.15, 0.2) is 53.6 Å². The Morgan fingerprint density at radius 3 is 2.59 bits per heavy atom. The van der Waals surface area contributed by atoms with Gasteiger partial charge in [0.2, 0.25) is 0 Å². The molecule has 0 spiro atoms. The summed E-state index contributed by atoms with van der Waals surface area (Å²) in [4.78, 5) is 2.46. The van der Waals surface area contributed by atoms with E-state index in [9.17, 15) is 0 Å². The Morgan fingerprint density at radius 2 is 1.93 bits per heavy atom. The van der Waals surface area contributed by atoms with Gasteiger partial charge in [-0.3, -0.25) is 5.43 Å². The van der Waals surface area contributed by atoms with E-state index in [4.69, 9.17) is 4.74 Å². The highest BCUT2D eigenvalue weighted by Crippen LogP contribution is 2.41. The smallest absolute Gasteiger partial charge is 0.129 e. The zero-order valence-electron chi connectivity index (χ0n) is 16.9. The largest absolute Gasteiger partial charge is 0.496 e. The molecule has 3 rings (SSSR count). The van der Waals surface area contributed by atoms with Gasteiger partial charge in [-0.25, -0.2) is 0 Å². The Morgan fingerprint density at radius 1 is 1.19 bits per heavy atom. The second-order valence-electron chi connectivity index (χ2n) is 7.48. The second-order valence-corrected chi connectivity index (χ2v) is 7.48. The number of para-hydroxylation sites is 1. The lowest BCUT2D eigenvalue weighted by Crippen LogP contribution is -2.45. The second kappa shape index (κ2) is 7.87. The molecule has 0 bridgehead atoms. The summed E-state index contributed by atoms with van der Waals surface area (Å²) in [7, 11) is 1.71. The number of methoxy groups -OCH3 is 1. The van der Waals surface area contributed by atoms with Crippen LogP contribution in [0.2, 0.25) is 0 Å². The molecular weight excluding hydrogens is 334 g/mol. The van der Waals surface area contributed by atoms with E-state index < -0.39 is 0 Å². The molecule has 0 aliphatic carbocycles. The maximum absolute atomic E-state index is 5.68. The minimum Gasteiger partial charge on any atom is -0.496 e. The fourth-order valence-corrected chi connectivity index (χ4v) is 3.72. The monoisotopic (exact) mass is 363 g/mol. The third-order valence-corrected chi connectivity index (χ3v) is 4.95. The van der Waals surface area contributed by atoms with Crippen LogP contribution >= 0.6 is 0 Å². The first-order chi connectivity index (χ1) is 13.0. The maximum atomic E-state index is 5.68. The molecule has 27 heavy (non-hydrogen) atoms. The third kappa shape index (κ3) is 4.00. The number of allylic oxidation sites excluding steroid dienone is 1. The number of benzene rings is 2. The molecule has 1 heterocycles. The van der Waals surface area contributed by atoms with Crippen LogP contribution in [-0.4, -0.2) is 25.4 Å². The van der Waals surface area contributed by atoms with Gasteiger partial charge in [-0.2, -0.15) is 5.10 Å². The Bertz CT molecular complexity index is 853. The molecule has 1 aliphatic heterocycles. The summed E-state index contributed by atoms with van der Waals surface area (Å²) in [6.45, 7) is 9.94. The minimum atomic E-state index is -0.0113. The molecule has 0 saturated carbocycles. The first kappa shape index (κ1) is 19.0. The fraction of sp³-hybridized carbons (Fsp3) is 0.348. The van der Waals surface area contributed by atoms with E-state index in [-0.39, 0.29) is 5.54 Å². The van der Waals surface area contributed by atoms with E-state index in [0.717, 1.165) is 30.0 Å². The number of anilines is 2. The van der Waals surface area contributed by atoms with Crippen molar-refractivity contribution in [2.75, 3.05) is 24.0 Å². The number of hydrogen-bond donors (Lipinski definition) is 1. The highest BCUT2D eigenvalue weighted by molar-refractivity contribution is 5.91. The molecule has 0 fully saturated rings. The first-order valence-electron chi connectivity index (χ1n) is 9.50. The summed E-state index contributed by atoms with van der Waals surface area (Å²) in [5.41, 5.74) is 8.73. The fourth-order valence-electron chi connectivity index (χ4n) is 3.72. The maximum Gasteiger partial charge on any atom is 0.129 e. The lowest BCUT2D eigenvalue weighted by atomic mass is 9.87. The number of hydrazone groups is 1. The molecular formula is C23H29N3O. The quantitative estimate of drug-likeness (QED) is 0.540. The van der Waals surface area contributed by atoms with Gasteiger partial charge in [-0.15, -0.1) is 0 Å². The topological polar surface area (TPSA) is 36.9 Å². The number of hydrogen-bond acceptors (Lipinski definition) is 4. The predicted octanol–water partition coefficient (Wildman–Crippen LogP) is 5.55. The molecule has 1 aliphatic rings. The number of fused-ring (bicyclic) bond motifs is 1. The minimum absolute atomic E-state index is 0.0113. The van der Waals surface area contributed by atoms with Gasteiger partial charge in [0.05, 0.1) is 24.6 Å². The molecule has 0 radical (unpaired) electrons. The zero-order chi connectivity index (χ0) is 19.4. The van der Waals surface area contributed by atoms with Crippen molar-refractivity contribution in [2.45, 2.75) is 39.7 Å². The Kier molecular flexibility index (Phi) is 5.54. The summed E-state index contributed by atoms with van der Waals surface area (Å²) < 4.78 is 5.68. The molecule has 2 aromatic rings. The summed E-state index contributed by atoms with van der Waals surface area (Å²) in [5.74, 6) is 0.832. The molecule has 0 aromatic heterocycles. The third-order valence-electron chi connectivity index (χ3n) is 4.95. The van der Waals surface area contributed by atoms with Crippen molar-refractivity contribution >= 4 is 23.2 Å². The van der Waals surface area contributed by atoms with Crippen LogP contribution in [0.1, 0.15) is 45.2 Å². The predicted molar refractivity (Wildman–Crippen MR) is 116 cm³/mol. The van der Waals surface area contributed by atoms with Crippen molar-refractivity contribution in [3.63, 3.8) is 0 Å². The number of nitrogens with one attached hydrogen (secondary N) is 1. The van der Waals surface area contributed by atoms with Crippen LogP contribution in [0.5, 0.6) is 5.75 Å². The van der Waals surface area contributed by atoms with Crippen molar-refractivity contribution in [1.29, 1.82) is 0 Å². The van der Waals surface area contributed by atoms with Gasteiger partial charge in [-0.1, -0.05) is 31.2 Å². The molecule has 0 saturated heterocycles. The van der Waals surface area contributed by atoms with E-state index >= 15 is 0 Å². The van der Waals surface area contributed by atoms with Crippen LogP contribution in [0, 0.1) is 0 Å².